The minimum atomic E-state index is -0.158. The molecule has 0 aliphatic rings. The summed E-state index contributed by atoms with van der Waals surface area (Å²) in [5.74, 6) is 0.733. The van der Waals surface area contributed by atoms with E-state index < -0.39 is 0 Å². The van der Waals surface area contributed by atoms with Crippen LogP contribution in [0.4, 0.5) is 0 Å². The van der Waals surface area contributed by atoms with Crippen LogP contribution in [0.1, 0.15) is 27.9 Å². The molecule has 0 unspecified atom stereocenters. The Bertz CT molecular complexity index is 1090. The van der Waals surface area contributed by atoms with E-state index in [4.69, 9.17) is 0 Å². The zero-order valence-corrected chi connectivity index (χ0v) is 17.1. The van der Waals surface area contributed by atoms with Gasteiger partial charge in [-0.25, -0.2) is 9.50 Å². The molecule has 3 aromatic heterocycles. The third-order valence-corrected chi connectivity index (χ3v) is 5.97. The van der Waals surface area contributed by atoms with Gasteiger partial charge in [0.2, 0.25) is 11.1 Å². The van der Waals surface area contributed by atoms with Crippen LogP contribution in [0.3, 0.4) is 0 Å². The first-order valence-electron chi connectivity index (χ1n) is 8.81. The molecule has 0 saturated carbocycles. The smallest absolute Gasteiger partial charge is 0.253 e. The van der Waals surface area contributed by atoms with Gasteiger partial charge in [0.1, 0.15) is 0 Å². The summed E-state index contributed by atoms with van der Waals surface area (Å²) in [5, 5.41) is 10.1. The Morgan fingerprint density at radius 1 is 1.18 bits per heavy atom. The van der Waals surface area contributed by atoms with Crippen molar-refractivity contribution in [2.75, 3.05) is 5.75 Å². The summed E-state index contributed by atoms with van der Waals surface area (Å²) < 4.78 is 1.70. The predicted molar refractivity (Wildman–Crippen MR) is 112 cm³/mol. The van der Waals surface area contributed by atoms with Crippen molar-refractivity contribution in [1.82, 2.24) is 24.9 Å². The lowest BCUT2D eigenvalue weighted by molar-refractivity contribution is -0.119. The Morgan fingerprint density at radius 3 is 2.75 bits per heavy atom. The minimum absolute atomic E-state index is 0.0630. The molecule has 1 amide bonds. The van der Waals surface area contributed by atoms with E-state index in [1.54, 1.807) is 15.9 Å². The molecular weight excluding hydrogens is 390 g/mol. The van der Waals surface area contributed by atoms with E-state index in [2.05, 4.69) is 20.4 Å². The summed E-state index contributed by atoms with van der Waals surface area (Å²) in [6.45, 7) is 3.89. The molecular formula is C20H19N5OS2. The Balaban J connectivity index is 1.46. The van der Waals surface area contributed by atoms with Crippen LogP contribution in [0.25, 0.3) is 5.78 Å². The fourth-order valence-corrected chi connectivity index (χ4v) is 4.39. The fourth-order valence-electron chi connectivity index (χ4n) is 2.96. The molecule has 1 aromatic carbocycles. The van der Waals surface area contributed by atoms with Gasteiger partial charge in [-0.05, 0) is 36.9 Å². The van der Waals surface area contributed by atoms with Crippen molar-refractivity contribution < 1.29 is 4.79 Å². The second-order valence-electron chi connectivity index (χ2n) is 6.36. The van der Waals surface area contributed by atoms with Crippen molar-refractivity contribution in [1.29, 1.82) is 0 Å². The molecule has 6 nitrogen and oxygen atoms in total. The summed E-state index contributed by atoms with van der Waals surface area (Å²) >= 11 is 2.94. The van der Waals surface area contributed by atoms with Crippen molar-refractivity contribution in [3.63, 3.8) is 0 Å². The van der Waals surface area contributed by atoms with Gasteiger partial charge >= 0.3 is 0 Å². The van der Waals surface area contributed by atoms with Crippen molar-refractivity contribution in [3.05, 3.63) is 75.7 Å². The van der Waals surface area contributed by atoms with Gasteiger partial charge in [-0.2, -0.15) is 4.98 Å². The molecule has 4 rings (SSSR count). The van der Waals surface area contributed by atoms with Crippen LogP contribution in [0.5, 0.6) is 0 Å². The number of fused-ring (bicyclic) bond motifs is 1. The summed E-state index contributed by atoms with van der Waals surface area (Å²) in [6.07, 6.45) is 0. The van der Waals surface area contributed by atoms with Crippen molar-refractivity contribution in [2.45, 2.75) is 25.0 Å². The monoisotopic (exact) mass is 409 g/mol. The Hall–Kier alpha value is -2.71. The molecule has 1 N–H and O–H groups in total. The van der Waals surface area contributed by atoms with Gasteiger partial charge < -0.3 is 5.32 Å². The van der Waals surface area contributed by atoms with Gasteiger partial charge in [-0.15, -0.1) is 16.4 Å². The maximum Gasteiger partial charge on any atom is 0.253 e. The molecule has 1 atom stereocenters. The number of carbonyl (C=O) groups excluding carboxylic acids is 1. The topological polar surface area (TPSA) is 72.2 Å². The Kier molecular flexibility index (Phi) is 5.40. The molecule has 0 spiro atoms. The molecule has 142 valence electrons. The fraction of sp³-hybridized carbons (Fsp3) is 0.200. The number of carbonyl (C=O) groups is 1. The number of benzene rings is 1. The molecule has 28 heavy (non-hydrogen) atoms. The average Bonchev–Trinajstić information content (AvgIpc) is 3.35. The number of thiophene rings is 1. The van der Waals surface area contributed by atoms with Crippen molar-refractivity contribution in [2.24, 2.45) is 0 Å². The lowest BCUT2D eigenvalue weighted by Crippen LogP contribution is -2.30. The van der Waals surface area contributed by atoms with E-state index in [0.717, 1.165) is 21.8 Å². The summed E-state index contributed by atoms with van der Waals surface area (Å²) in [5.41, 5.74) is 2.92. The minimum Gasteiger partial charge on any atom is -0.344 e. The highest BCUT2D eigenvalue weighted by Gasteiger charge is 2.18. The molecule has 0 aliphatic heterocycles. The van der Waals surface area contributed by atoms with Gasteiger partial charge in [0.15, 0.2) is 0 Å². The normalized spacial score (nSPS) is 12.2. The Labute approximate surface area is 171 Å². The van der Waals surface area contributed by atoms with Crippen molar-refractivity contribution >= 4 is 34.8 Å². The lowest BCUT2D eigenvalue weighted by atomic mass is 10.1. The van der Waals surface area contributed by atoms with Crippen LogP contribution in [0.15, 0.2) is 59.1 Å². The largest absolute Gasteiger partial charge is 0.344 e. The SMILES string of the molecule is Cc1cc(C)n2nc(SCC(=O)N[C@H](c3ccccc3)c3cccs3)nc2n1. The summed E-state index contributed by atoms with van der Waals surface area (Å²) in [4.78, 5) is 22.5. The van der Waals surface area contributed by atoms with E-state index >= 15 is 0 Å². The predicted octanol–water partition coefficient (Wildman–Crippen LogP) is 3.80. The van der Waals surface area contributed by atoms with Gasteiger partial charge in [-0.1, -0.05) is 48.2 Å². The van der Waals surface area contributed by atoms with E-state index in [9.17, 15) is 4.79 Å². The molecule has 0 fully saturated rings. The van der Waals surface area contributed by atoms with E-state index in [1.807, 2.05) is 67.8 Å². The molecule has 0 radical (unpaired) electrons. The van der Waals surface area contributed by atoms with Gasteiger partial charge in [0.25, 0.3) is 5.78 Å². The highest BCUT2D eigenvalue weighted by atomic mass is 32.2. The number of aryl methyl sites for hydroxylation is 2. The van der Waals surface area contributed by atoms with Gasteiger partial charge in [0, 0.05) is 16.3 Å². The highest BCUT2D eigenvalue weighted by Crippen LogP contribution is 2.26. The summed E-state index contributed by atoms with van der Waals surface area (Å²) in [6, 6.07) is 15.8. The molecule has 0 saturated heterocycles. The van der Waals surface area contributed by atoms with Crippen LogP contribution in [-0.4, -0.2) is 31.2 Å². The molecule has 0 bridgehead atoms. The van der Waals surface area contributed by atoms with Gasteiger partial charge in [0.05, 0.1) is 11.8 Å². The molecule has 4 aromatic rings. The zero-order valence-electron chi connectivity index (χ0n) is 15.5. The molecule has 0 aliphatic carbocycles. The number of aromatic nitrogens is 4. The van der Waals surface area contributed by atoms with Gasteiger partial charge in [-0.3, -0.25) is 4.79 Å². The Morgan fingerprint density at radius 2 is 2.00 bits per heavy atom. The quantitative estimate of drug-likeness (QED) is 0.491. The first kappa shape index (κ1) is 18.6. The maximum atomic E-state index is 12.6. The van der Waals surface area contributed by atoms with Crippen LogP contribution in [-0.2, 0) is 4.79 Å². The lowest BCUT2D eigenvalue weighted by Gasteiger charge is -2.17. The molecule has 3 heterocycles. The number of nitrogens with one attached hydrogen (secondary N) is 1. The number of hydrogen-bond donors (Lipinski definition) is 1. The van der Waals surface area contributed by atoms with Crippen LogP contribution in [0.2, 0.25) is 0 Å². The zero-order chi connectivity index (χ0) is 19.5. The number of amides is 1. The third kappa shape index (κ3) is 4.07. The second kappa shape index (κ2) is 8.12. The first-order chi connectivity index (χ1) is 13.6. The standard InChI is InChI=1S/C20H19N5OS2/c1-13-11-14(2)25-19(21-13)23-20(24-25)28-12-17(26)22-18(16-9-6-10-27-16)15-7-4-3-5-8-15/h3-11,18H,12H2,1-2H3,(H,22,26)/t18-/m1/s1. The third-order valence-electron chi connectivity index (χ3n) is 4.20. The number of hydrogen-bond acceptors (Lipinski definition) is 6. The summed E-state index contributed by atoms with van der Waals surface area (Å²) in [7, 11) is 0. The second-order valence-corrected chi connectivity index (χ2v) is 8.28. The number of nitrogens with zero attached hydrogens (tertiary/aromatic N) is 4. The maximum absolute atomic E-state index is 12.6. The van der Waals surface area contributed by atoms with Crippen LogP contribution >= 0.6 is 23.1 Å². The van der Waals surface area contributed by atoms with E-state index in [1.165, 1.54) is 11.8 Å². The molecule has 8 heteroatoms. The number of thioether (sulfide) groups is 1. The average molecular weight is 410 g/mol. The van der Waals surface area contributed by atoms with E-state index in [0.29, 0.717) is 10.9 Å². The highest BCUT2D eigenvalue weighted by molar-refractivity contribution is 7.99. The van der Waals surface area contributed by atoms with Crippen molar-refractivity contribution in [3.8, 4) is 0 Å². The van der Waals surface area contributed by atoms with Crippen LogP contribution in [0, 0.1) is 13.8 Å². The number of rotatable bonds is 6. The van der Waals surface area contributed by atoms with E-state index in [-0.39, 0.29) is 17.7 Å². The van der Waals surface area contributed by atoms with Crippen LogP contribution < -0.4 is 5.32 Å². The first-order valence-corrected chi connectivity index (χ1v) is 10.7.